The number of likely N-dealkylation sites (N-methyl/N-ethyl adjacent to an activating group) is 1. The molecule has 0 aliphatic carbocycles. The number of nitrogens with one attached hydrogen (secondary N) is 6. The summed E-state index contributed by atoms with van der Waals surface area (Å²) in [6, 6.07) is 0. The van der Waals surface area contributed by atoms with Gasteiger partial charge in [0.25, 0.3) is 0 Å². The van der Waals surface area contributed by atoms with E-state index in [1.165, 1.54) is 13.8 Å². The molecular weight excluding hydrogens is 688 g/mol. The van der Waals surface area contributed by atoms with E-state index >= 15 is 0 Å². The normalized spacial score (nSPS) is 13.0. The SMILES string of the molecule is CCCC(C)(NCC(=O)NCC(=O)NCC)C(=O)CN(CC(=O)O)C(=O)CNC(=O)CNC(C)(CC)C(=O)CN(CC(=O)O)C(=O)CNC(=O)CC. The van der Waals surface area contributed by atoms with Crippen LogP contribution < -0.4 is 31.9 Å². The van der Waals surface area contributed by atoms with Gasteiger partial charge in [-0.25, -0.2) is 0 Å². The summed E-state index contributed by atoms with van der Waals surface area (Å²) in [6.45, 7) is 4.64. The maximum atomic E-state index is 13.4. The first-order chi connectivity index (χ1) is 24.3. The molecule has 0 saturated heterocycles. The lowest BCUT2D eigenvalue weighted by Gasteiger charge is -2.32. The Balaban J connectivity index is 5.45. The molecule has 0 spiro atoms. The van der Waals surface area contributed by atoms with E-state index in [9.17, 15) is 58.2 Å². The predicted octanol–water partition coefficient (Wildman–Crippen LogP) is -3.25. The van der Waals surface area contributed by atoms with Crippen LogP contribution in [0.4, 0.5) is 0 Å². The maximum Gasteiger partial charge on any atom is 0.323 e. The van der Waals surface area contributed by atoms with Crippen molar-refractivity contribution in [1.29, 1.82) is 0 Å². The highest BCUT2D eigenvalue weighted by Crippen LogP contribution is 2.15. The van der Waals surface area contributed by atoms with Crippen molar-refractivity contribution in [3.63, 3.8) is 0 Å². The van der Waals surface area contributed by atoms with Crippen LogP contribution in [0, 0.1) is 0 Å². The summed E-state index contributed by atoms with van der Waals surface area (Å²) >= 11 is 0. The third kappa shape index (κ3) is 17.8. The standard InChI is InChI=1S/C32H54N8O12/c1-7-11-32(6,38-14-25(45)34-12-24(44)33-10-4)22(42)18-40(20-30(51)52)28(48)16-36-26(46)13-37-31(5,9-3)21(41)17-39(19-29(49)50)27(47)15-35-23(43)8-2/h37-38H,7-20H2,1-6H3,(H,33,44)(H,34,45)(H,35,43)(H,36,46)(H,49,50)(H,51,52). The minimum absolute atomic E-state index is 0.0902. The van der Waals surface area contributed by atoms with Crippen molar-refractivity contribution in [1.82, 2.24) is 41.7 Å². The van der Waals surface area contributed by atoms with Gasteiger partial charge in [-0.1, -0.05) is 27.2 Å². The number of aliphatic carboxylic acids is 2. The second kappa shape index (κ2) is 23.5. The minimum Gasteiger partial charge on any atom is -0.480 e. The Kier molecular flexibility index (Phi) is 21.2. The van der Waals surface area contributed by atoms with Gasteiger partial charge in [0.1, 0.15) is 13.1 Å². The Labute approximate surface area is 302 Å². The number of carboxylic acid groups (broad SMARTS) is 2. The number of nitrogens with zero attached hydrogens (tertiary/aromatic N) is 2. The molecule has 6 amide bonds. The number of Topliss-reactive ketones (excluding diaryl/α,β-unsaturated/α-hetero) is 2. The van der Waals surface area contributed by atoms with E-state index in [-0.39, 0.29) is 32.4 Å². The molecule has 52 heavy (non-hydrogen) atoms. The largest absolute Gasteiger partial charge is 0.480 e. The summed E-state index contributed by atoms with van der Waals surface area (Å²) in [6.07, 6.45) is 0.900. The van der Waals surface area contributed by atoms with Gasteiger partial charge in [-0.2, -0.15) is 0 Å². The van der Waals surface area contributed by atoms with Crippen LogP contribution in [-0.2, 0) is 47.9 Å². The van der Waals surface area contributed by atoms with Gasteiger partial charge in [0.2, 0.25) is 35.4 Å². The van der Waals surface area contributed by atoms with Crippen molar-refractivity contribution < 1.29 is 58.2 Å². The monoisotopic (exact) mass is 742 g/mol. The Morgan fingerprint density at radius 3 is 1.33 bits per heavy atom. The minimum atomic E-state index is -1.43. The van der Waals surface area contributed by atoms with Gasteiger partial charge < -0.3 is 41.3 Å². The van der Waals surface area contributed by atoms with Crippen LogP contribution in [0.3, 0.4) is 0 Å². The van der Waals surface area contributed by atoms with Crippen molar-refractivity contribution in [3.05, 3.63) is 0 Å². The van der Waals surface area contributed by atoms with Crippen molar-refractivity contribution >= 4 is 58.9 Å². The highest BCUT2D eigenvalue weighted by Gasteiger charge is 2.36. The third-order valence-electron chi connectivity index (χ3n) is 8.01. The summed E-state index contributed by atoms with van der Waals surface area (Å²) in [5.41, 5.74) is -2.78. The number of amides is 6. The summed E-state index contributed by atoms with van der Waals surface area (Å²) in [4.78, 5) is 125. The van der Waals surface area contributed by atoms with Crippen LogP contribution in [0.2, 0.25) is 0 Å². The fraction of sp³-hybridized carbons (Fsp3) is 0.688. The van der Waals surface area contributed by atoms with Gasteiger partial charge in [0, 0.05) is 13.0 Å². The smallest absolute Gasteiger partial charge is 0.323 e. The van der Waals surface area contributed by atoms with Gasteiger partial charge in [0.05, 0.1) is 56.9 Å². The van der Waals surface area contributed by atoms with Crippen LogP contribution >= 0.6 is 0 Å². The predicted molar refractivity (Wildman–Crippen MR) is 184 cm³/mol. The van der Waals surface area contributed by atoms with E-state index in [2.05, 4.69) is 31.9 Å². The van der Waals surface area contributed by atoms with Gasteiger partial charge in [-0.05, 0) is 33.6 Å². The molecule has 0 fully saturated rings. The molecule has 0 heterocycles. The zero-order valence-corrected chi connectivity index (χ0v) is 30.8. The first kappa shape index (κ1) is 47.0. The molecule has 0 rings (SSSR count). The first-order valence-electron chi connectivity index (χ1n) is 16.9. The number of carbonyl (C=O) groups is 10. The molecule has 0 radical (unpaired) electrons. The van der Waals surface area contributed by atoms with E-state index in [1.54, 1.807) is 27.7 Å². The van der Waals surface area contributed by atoms with Crippen molar-refractivity contribution in [2.75, 3.05) is 65.4 Å². The molecule has 2 unspecified atom stereocenters. The average Bonchev–Trinajstić information content (AvgIpc) is 3.08. The van der Waals surface area contributed by atoms with Gasteiger partial charge >= 0.3 is 11.9 Å². The van der Waals surface area contributed by atoms with Crippen molar-refractivity contribution in [2.45, 2.75) is 78.3 Å². The van der Waals surface area contributed by atoms with E-state index < -0.39 is 116 Å². The van der Waals surface area contributed by atoms with Crippen molar-refractivity contribution in [3.8, 4) is 0 Å². The highest BCUT2D eigenvalue weighted by molar-refractivity contribution is 5.97. The zero-order valence-electron chi connectivity index (χ0n) is 30.8. The molecule has 0 aliphatic rings. The summed E-state index contributed by atoms with van der Waals surface area (Å²) in [5, 5.41) is 33.8. The number of ketones is 2. The van der Waals surface area contributed by atoms with Crippen LogP contribution in [0.1, 0.15) is 67.2 Å². The molecule has 0 aromatic carbocycles. The number of carbonyl (C=O) groups excluding carboxylic acids is 8. The molecular formula is C32H54N8O12. The Bertz CT molecular complexity index is 1330. The molecule has 20 heteroatoms. The Hall–Kier alpha value is -4.98. The second-order valence-electron chi connectivity index (χ2n) is 12.2. The Morgan fingerprint density at radius 1 is 0.519 bits per heavy atom. The summed E-state index contributed by atoms with van der Waals surface area (Å²) < 4.78 is 0. The quantitative estimate of drug-likeness (QED) is 0.0411. The Morgan fingerprint density at radius 2 is 0.923 bits per heavy atom. The molecule has 0 saturated carbocycles. The lowest BCUT2D eigenvalue weighted by atomic mass is 9.90. The topological polar surface area (TPSA) is 290 Å². The van der Waals surface area contributed by atoms with Gasteiger partial charge in [-0.3, -0.25) is 58.6 Å². The lowest BCUT2D eigenvalue weighted by Crippen LogP contribution is -2.58. The van der Waals surface area contributed by atoms with Crippen LogP contribution in [-0.4, -0.2) is 155 Å². The second-order valence-corrected chi connectivity index (χ2v) is 12.2. The lowest BCUT2D eigenvalue weighted by molar-refractivity contribution is -0.146. The summed E-state index contributed by atoms with van der Waals surface area (Å²) in [5.74, 6) is -7.96. The first-order valence-corrected chi connectivity index (χ1v) is 16.9. The van der Waals surface area contributed by atoms with E-state index in [0.29, 0.717) is 13.0 Å². The molecule has 8 N–H and O–H groups in total. The zero-order chi connectivity index (χ0) is 40.1. The molecule has 0 aromatic heterocycles. The van der Waals surface area contributed by atoms with Crippen LogP contribution in [0.5, 0.6) is 0 Å². The molecule has 294 valence electrons. The number of carboxylic acids is 2. The van der Waals surface area contributed by atoms with E-state index in [0.717, 1.165) is 9.80 Å². The van der Waals surface area contributed by atoms with E-state index in [1.807, 2.05) is 0 Å². The molecule has 2 atom stereocenters. The number of hydrogen-bond acceptors (Lipinski definition) is 12. The van der Waals surface area contributed by atoms with Crippen LogP contribution in [0.25, 0.3) is 0 Å². The number of hydrogen-bond donors (Lipinski definition) is 8. The maximum absolute atomic E-state index is 13.4. The van der Waals surface area contributed by atoms with Gasteiger partial charge in [-0.15, -0.1) is 0 Å². The molecule has 20 nitrogen and oxygen atoms in total. The number of rotatable bonds is 27. The molecule has 0 bridgehead atoms. The highest BCUT2D eigenvalue weighted by atomic mass is 16.4. The molecule has 0 aliphatic heterocycles. The summed E-state index contributed by atoms with van der Waals surface area (Å²) in [7, 11) is 0. The average molecular weight is 743 g/mol. The molecule has 0 aromatic rings. The fourth-order valence-electron chi connectivity index (χ4n) is 4.55. The fourth-order valence-corrected chi connectivity index (χ4v) is 4.55. The third-order valence-corrected chi connectivity index (χ3v) is 8.01. The van der Waals surface area contributed by atoms with E-state index in [4.69, 9.17) is 0 Å². The van der Waals surface area contributed by atoms with Crippen LogP contribution in [0.15, 0.2) is 0 Å². The van der Waals surface area contributed by atoms with Crippen molar-refractivity contribution in [2.24, 2.45) is 0 Å². The van der Waals surface area contributed by atoms with Gasteiger partial charge in [0.15, 0.2) is 11.6 Å².